The van der Waals surface area contributed by atoms with Crippen molar-refractivity contribution in [2.45, 2.75) is 34.2 Å². The third-order valence-corrected chi connectivity index (χ3v) is 2.44. The van der Waals surface area contributed by atoms with Crippen molar-refractivity contribution in [2.75, 3.05) is 18.5 Å². The molecule has 0 radical (unpaired) electrons. The predicted octanol–water partition coefficient (Wildman–Crippen LogP) is 2.33. The average molecular weight is 221 g/mol. The summed E-state index contributed by atoms with van der Waals surface area (Å²) in [7, 11) is 2.11. The summed E-state index contributed by atoms with van der Waals surface area (Å²) < 4.78 is 0. The Morgan fingerprint density at radius 1 is 1.38 bits per heavy atom. The quantitative estimate of drug-likeness (QED) is 0.851. The molecule has 90 valence electrons. The van der Waals surface area contributed by atoms with Crippen LogP contribution in [0.15, 0.2) is 12.3 Å². The fourth-order valence-electron chi connectivity index (χ4n) is 1.88. The Hall–Kier alpha value is -1.09. The zero-order valence-corrected chi connectivity index (χ0v) is 11.0. The molecule has 0 saturated heterocycles. The van der Waals surface area contributed by atoms with Crippen LogP contribution in [0.5, 0.6) is 0 Å². The zero-order chi connectivity index (χ0) is 12.3. The van der Waals surface area contributed by atoms with Gasteiger partial charge in [0.15, 0.2) is 0 Å². The van der Waals surface area contributed by atoms with Crippen LogP contribution in [0.2, 0.25) is 0 Å². The molecular formula is C13H23N3. The molecule has 0 saturated carbocycles. The maximum Gasteiger partial charge on any atom is 0.0443 e. The highest BCUT2D eigenvalue weighted by molar-refractivity contribution is 5.53. The molecule has 0 fully saturated rings. The van der Waals surface area contributed by atoms with Crippen molar-refractivity contribution in [1.29, 1.82) is 0 Å². The summed E-state index contributed by atoms with van der Waals surface area (Å²) in [5.41, 5.74) is 9.35. The van der Waals surface area contributed by atoms with Crippen LogP contribution in [0.25, 0.3) is 0 Å². The third kappa shape index (κ3) is 3.49. The molecule has 1 aromatic heterocycles. The van der Waals surface area contributed by atoms with Gasteiger partial charge in [-0.2, -0.15) is 0 Å². The molecule has 2 N–H and O–H groups in total. The number of nitrogens with zero attached hydrogens (tertiary/aromatic N) is 2. The van der Waals surface area contributed by atoms with Crippen molar-refractivity contribution in [3.63, 3.8) is 0 Å². The summed E-state index contributed by atoms with van der Waals surface area (Å²) in [6, 6.07) is 2.11. The van der Waals surface area contributed by atoms with Crippen molar-refractivity contribution in [3.8, 4) is 0 Å². The van der Waals surface area contributed by atoms with E-state index in [2.05, 4.69) is 43.8 Å². The predicted molar refractivity (Wildman–Crippen MR) is 69.6 cm³/mol. The van der Waals surface area contributed by atoms with Crippen LogP contribution >= 0.6 is 0 Å². The summed E-state index contributed by atoms with van der Waals surface area (Å²) in [4.78, 5) is 6.54. The number of pyridine rings is 1. The van der Waals surface area contributed by atoms with Gasteiger partial charge in [-0.15, -0.1) is 0 Å². The summed E-state index contributed by atoms with van der Waals surface area (Å²) in [5, 5.41) is 0. The second-order valence-corrected chi connectivity index (χ2v) is 5.58. The van der Waals surface area contributed by atoms with Crippen LogP contribution in [0.3, 0.4) is 0 Å². The largest absolute Gasteiger partial charge is 0.374 e. The molecule has 0 amide bonds. The Balaban J connectivity index is 2.97. The lowest BCUT2D eigenvalue weighted by atomic mass is 9.96. The van der Waals surface area contributed by atoms with E-state index in [0.717, 1.165) is 17.8 Å². The summed E-state index contributed by atoms with van der Waals surface area (Å²) in [5.74, 6) is 0. The summed E-state index contributed by atoms with van der Waals surface area (Å²) in [6.07, 6.45) is 1.88. The number of anilines is 1. The van der Waals surface area contributed by atoms with Crippen molar-refractivity contribution < 1.29 is 0 Å². The van der Waals surface area contributed by atoms with E-state index in [-0.39, 0.29) is 5.41 Å². The lowest BCUT2D eigenvalue weighted by molar-refractivity contribution is 0.418. The second-order valence-electron chi connectivity index (χ2n) is 5.58. The Bertz CT molecular complexity index is 353. The molecule has 0 aliphatic carbocycles. The van der Waals surface area contributed by atoms with Gasteiger partial charge in [-0.1, -0.05) is 20.8 Å². The van der Waals surface area contributed by atoms with Gasteiger partial charge in [-0.3, -0.25) is 4.98 Å². The maximum absolute atomic E-state index is 5.74. The molecule has 16 heavy (non-hydrogen) atoms. The standard InChI is InChI=1S/C13H23N3/c1-10-6-12(11(7-14)8-15-10)16(5)9-13(2,3)4/h6,8H,7,9,14H2,1-5H3. The average Bonchev–Trinajstić information content (AvgIpc) is 2.15. The number of nitrogens with two attached hydrogens (primary N) is 1. The van der Waals surface area contributed by atoms with Gasteiger partial charge in [0.1, 0.15) is 0 Å². The topological polar surface area (TPSA) is 42.1 Å². The van der Waals surface area contributed by atoms with Gasteiger partial charge in [-0.25, -0.2) is 0 Å². The minimum absolute atomic E-state index is 0.276. The van der Waals surface area contributed by atoms with Crippen LogP contribution in [0, 0.1) is 12.3 Å². The molecule has 3 nitrogen and oxygen atoms in total. The van der Waals surface area contributed by atoms with Gasteiger partial charge < -0.3 is 10.6 Å². The highest BCUT2D eigenvalue weighted by Gasteiger charge is 2.16. The van der Waals surface area contributed by atoms with Crippen molar-refractivity contribution in [2.24, 2.45) is 11.1 Å². The Morgan fingerprint density at radius 3 is 2.50 bits per heavy atom. The first-order valence-electron chi connectivity index (χ1n) is 5.70. The highest BCUT2D eigenvalue weighted by atomic mass is 15.1. The summed E-state index contributed by atoms with van der Waals surface area (Å²) >= 11 is 0. The van der Waals surface area contributed by atoms with Crippen molar-refractivity contribution in [1.82, 2.24) is 4.98 Å². The number of aromatic nitrogens is 1. The minimum Gasteiger partial charge on any atom is -0.374 e. The highest BCUT2D eigenvalue weighted by Crippen LogP contribution is 2.23. The zero-order valence-electron chi connectivity index (χ0n) is 11.0. The third-order valence-electron chi connectivity index (χ3n) is 2.44. The molecule has 1 aromatic rings. The first kappa shape index (κ1) is 13.0. The Kier molecular flexibility index (Phi) is 3.92. The smallest absolute Gasteiger partial charge is 0.0443 e. The number of hydrogen-bond acceptors (Lipinski definition) is 3. The fraction of sp³-hybridized carbons (Fsp3) is 0.615. The van der Waals surface area contributed by atoms with E-state index in [0.29, 0.717) is 6.54 Å². The van der Waals surface area contributed by atoms with Gasteiger partial charge in [-0.05, 0) is 18.4 Å². The fourth-order valence-corrected chi connectivity index (χ4v) is 1.88. The SMILES string of the molecule is Cc1cc(N(C)CC(C)(C)C)c(CN)cn1. The van der Waals surface area contributed by atoms with Crippen LogP contribution < -0.4 is 10.6 Å². The van der Waals surface area contributed by atoms with Crippen LogP contribution in [0.4, 0.5) is 5.69 Å². The summed E-state index contributed by atoms with van der Waals surface area (Å²) in [6.45, 7) is 10.3. The molecule has 3 heteroatoms. The van der Waals surface area contributed by atoms with Gasteiger partial charge in [0.05, 0.1) is 0 Å². The lowest BCUT2D eigenvalue weighted by Crippen LogP contribution is -2.30. The minimum atomic E-state index is 0.276. The lowest BCUT2D eigenvalue weighted by Gasteiger charge is -2.29. The molecular weight excluding hydrogens is 198 g/mol. The molecule has 0 spiro atoms. The van der Waals surface area contributed by atoms with Crippen molar-refractivity contribution in [3.05, 3.63) is 23.5 Å². The van der Waals surface area contributed by atoms with Gasteiger partial charge in [0.25, 0.3) is 0 Å². The normalized spacial score (nSPS) is 11.6. The molecule has 0 atom stereocenters. The monoisotopic (exact) mass is 221 g/mol. The van der Waals surface area contributed by atoms with E-state index in [1.54, 1.807) is 0 Å². The van der Waals surface area contributed by atoms with Crippen molar-refractivity contribution >= 4 is 5.69 Å². The molecule has 1 rings (SSSR count). The van der Waals surface area contributed by atoms with Gasteiger partial charge >= 0.3 is 0 Å². The molecule has 0 aromatic carbocycles. The molecule has 0 bridgehead atoms. The molecule has 1 heterocycles. The number of rotatable bonds is 3. The van der Waals surface area contributed by atoms with Gasteiger partial charge in [0.2, 0.25) is 0 Å². The molecule has 0 aliphatic heterocycles. The first-order valence-corrected chi connectivity index (χ1v) is 5.70. The van der Waals surface area contributed by atoms with Crippen LogP contribution in [0.1, 0.15) is 32.0 Å². The Labute approximate surface area is 98.7 Å². The molecule has 0 aliphatic rings. The van der Waals surface area contributed by atoms with E-state index in [1.807, 2.05) is 13.1 Å². The van der Waals surface area contributed by atoms with Crippen LogP contribution in [-0.4, -0.2) is 18.6 Å². The van der Waals surface area contributed by atoms with E-state index in [1.165, 1.54) is 5.69 Å². The van der Waals surface area contributed by atoms with Crippen LogP contribution in [-0.2, 0) is 6.54 Å². The first-order chi connectivity index (χ1) is 7.33. The number of hydrogen-bond donors (Lipinski definition) is 1. The Morgan fingerprint density at radius 2 is 2.00 bits per heavy atom. The number of aryl methyl sites for hydroxylation is 1. The second kappa shape index (κ2) is 4.83. The van der Waals surface area contributed by atoms with E-state index < -0.39 is 0 Å². The maximum atomic E-state index is 5.74. The van der Waals surface area contributed by atoms with E-state index >= 15 is 0 Å². The van der Waals surface area contributed by atoms with Gasteiger partial charge in [0, 0.05) is 43.3 Å². The van der Waals surface area contributed by atoms with E-state index in [9.17, 15) is 0 Å². The molecule has 0 unspecified atom stereocenters. The van der Waals surface area contributed by atoms with E-state index in [4.69, 9.17) is 5.73 Å².